The van der Waals surface area contributed by atoms with Crippen LogP contribution in [0, 0.1) is 21.3 Å². The van der Waals surface area contributed by atoms with Crippen LogP contribution < -0.4 is 9.64 Å². The highest BCUT2D eigenvalue weighted by molar-refractivity contribution is 14.1. The number of aromatic hydroxyl groups is 1. The van der Waals surface area contributed by atoms with Crippen molar-refractivity contribution in [3.8, 4) is 11.5 Å². The van der Waals surface area contributed by atoms with Gasteiger partial charge in [-0.3, -0.25) is 24.1 Å². The van der Waals surface area contributed by atoms with E-state index in [1.165, 1.54) is 24.2 Å². The van der Waals surface area contributed by atoms with E-state index in [0.29, 0.717) is 40.1 Å². The van der Waals surface area contributed by atoms with Gasteiger partial charge < -0.3 is 9.84 Å². The number of amides is 2. The first-order valence-corrected chi connectivity index (χ1v) is 13.5. The largest absolute Gasteiger partial charge is 0.508 e. The molecule has 4 aliphatic rings. The van der Waals surface area contributed by atoms with Crippen LogP contribution in [0.25, 0.3) is 0 Å². The second-order valence-corrected chi connectivity index (χ2v) is 11.4. The maximum atomic E-state index is 13.9. The number of allylic oxidation sites excluding steroid dienone is 6. The summed E-state index contributed by atoms with van der Waals surface area (Å²) in [4.78, 5) is 55.4. The molecule has 7 nitrogen and oxygen atoms in total. The molecule has 4 atom stereocenters. The molecule has 2 aromatic rings. The van der Waals surface area contributed by atoms with Crippen molar-refractivity contribution in [1.29, 1.82) is 0 Å². The van der Waals surface area contributed by atoms with Crippen molar-refractivity contribution in [3.63, 3.8) is 0 Å². The lowest BCUT2D eigenvalue weighted by Crippen LogP contribution is -2.39. The number of hydrogen-bond acceptors (Lipinski definition) is 6. The smallest absolute Gasteiger partial charge is 0.238 e. The molecule has 2 amide bonds. The van der Waals surface area contributed by atoms with Crippen molar-refractivity contribution in [2.45, 2.75) is 25.7 Å². The topological polar surface area (TPSA) is 101 Å². The van der Waals surface area contributed by atoms with Crippen molar-refractivity contribution >= 4 is 51.7 Å². The van der Waals surface area contributed by atoms with E-state index in [9.17, 15) is 24.3 Å². The van der Waals surface area contributed by atoms with E-state index in [1.807, 2.05) is 18.2 Å². The fourth-order valence-electron chi connectivity index (χ4n) is 6.45. The Morgan fingerprint density at radius 1 is 1.00 bits per heavy atom. The number of halogens is 1. The minimum absolute atomic E-state index is 0.0341. The first-order valence-electron chi connectivity index (χ1n) is 12.4. The Morgan fingerprint density at radius 2 is 1.74 bits per heavy atom. The van der Waals surface area contributed by atoms with Crippen LogP contribution in [0.2, 0.25) is 0 Å². The molecule has 1 aliphatic heterocycles. The summed E-state index contributed by atoms with van der Waals surface area (Å²) in [7, 11) is 1.51. The number of Topliss-reactive ketones (excluding diaryl/α,β-unsaturated/α-hetero) is 1. The van der Waals surface area contributed by atoms with E-state index in [4.69, 9.17) is 4.74 Å². The highest BCUT2D eigenvalue weighted by Crippen LogP contribution is 2.56. The molecule has 1 saturated heterocycles. The highest BCUT2D eigenvalue weighted by atomic mass is 127. The van der Waals surface area contributed by atoms with Crippen molar-refractivity contribution in [2.75, 3.05) is 12.0 Å². The molecule has 0 spiro atoms. The molecular formula is C30H24INO6. The average molecular weight is 621 g/mol. The van der Waals surface area contributed by atoms with Crippen molar-refractivity contribution < 1.29 is 29.0 Å². The molecule has 38 heavy (non-hydrogen) atoms. The lowest BCUT2D eigenvalue weighted by atomic mass is 9.59. The van der Waals surface area contributed by atoms with Crippen LogP contribution in [0.15, 0.2) is 76.9 Å². The molecule has 1 N–H and O–H groups in total. The van der Waals surface area contributed by atoms with Gasteiger partial charge in [-0.25, -0.2) is 0 Å². The molecule has 0 radical (unpaired) electrons. The summed E-state index contributed by atoms with van der Waals surface area (Å²) in [6.45, 7) is 1.61. The zero-order valence-electron chi connectivity index (χ0n) is 20.7. The molecule has 0 saturated carbocycles. The van der Waals surface area contributed by atoms with E-state index in [0.717, 1.165) is 9.14 Å². The zero-order valence-corrected chi connectivity index (χ0v) is 22.9. The zero-order chi connectivity index (χ0) is 26.9. The minimum atomic E-state index is -0.727. The Morgan fingerprint density at radius 3 is 2.45 bits per heavy atom. The minimum Gasteiger partial charge on any atom is -0.508 e. The second kappa shape index (κ2) is 9.04. The third kappa shape index (κ3) is 3.60. The van der Waals surface area contributed by atoms with Gasteiger partial charge in [0.25, 0.3) is 0 Å². The van der Waals surface area contributed by atoms with Crippen LogP contribution in [0.4, 0.5) is 5.69 Å². The van der Waals surface area contributed by atoms with Gasteiger partial charge in [0.1, 0.15) is 11.5 Å². The van der Waals surface area contributed by atoms with E-state index < -0.39 is 23.7 Å². The quantitative estimate of drug-likeness (QED) is 0.232. The van der Waals surface area contributed by atoms with Gasteiger partial charge in [0, 0.05) is 31.8 Å². The summed E-state index contributed by atoms with van der Waals surface area (Å²) < 4.78 is 6.39. The summed E-state index contributed by atoms with van der Waals surface area (Å²) >= 11 is 2.17. The molecule has 6 rings (SSSR count). The van der Waals surface area contributed by atoms with Crippen LogP contribution >= 0.6 is 22.6 Å². The summed E-state index contributed by atoms with van der Waals surface area (Å²) in [5, 5.41) is 10.9. The predicted octanol–water partition coefficient (Wildman–Crippen LogP) is 4.64. The second-order valence-electron chi connectivity index (χ2n) is 10.1. The number of benzene rings is 2. The van der Waals surface area contributed by atoms with Gasteiger partial charge >= 0.3 is 0 Å². The molecule has 3 aliphatic carbocycles. The first-order chi connectivity index (χ1) is 18.2. The number of carbonyl (C=O) groups excluding carboxylic acids is 4. The number of phenolic OH excluding ortho intramolecular Hbond substituents is 1. The molecule has 0 unspecified atom stereocenters. The van der Waals surface area contributed by atoms with E-state index in [-0.39, 0.29) is 35.6 Å². The van der Waals surface area contributed by atoms with Gasteiger partial charge in [-0.15, -0.1) is 0 Å². The first kappa shape index (κ1) is 24.8. The number of rotatable bonds is 3. The Bertz CT molecular complexity index is 1530. The maximum absolute atomic E-state index is 13.9. The SMILES string of the molecule is COc1ccc(O)c([C@H]2C3=CC[C@@H]4C(=O)N(c5ccc(I)cc5)C(=O)[C@@H]4[C@@H]3CC3=C2C(=O)C(C)=CC3=O)c1. The van der Waals surface area contributed by atoms with E-state index >= 15 is 0 Å². The molecule has 1 fully saturated rings. The number of anilines is 1. The number of ether oxygens (including phenoxy) is 1. The van der Waals surface area contributed by atoms with Crippen LogP contribution in [0.3, 0.4) is 0 Å². The van der Waals surface area contributed by atoms with Gasteiger partial charge in [0.2, 0.25) is 11.8 Å². The number of imide groups is 1. The molecule has 192 valence electrons. The number of phenols is 1. The van der Waals surface area contributed by atoms with Crippen LogP contribution in [0.5, 0.6) is 11.5 Å². The van der Waals surface area contributed by atoms with Gasteiger partial charge in [-0.2, -0.15) is 0 Å². The Hall–Kier alpha value is -3.53. The molecule has 1 heterocycles. The number of nitrogens with zero attached hydrogens (tertiary/aromatic N) is 1. The average Bonchev–Trinajstić information content (AvgIpc) is 3.17. The van der Waals surface area contributed by atoms with E-state index in [2.05, 4.69) is 22.6 Å². The van der Waals surface area contributed by atoms with Crippen LogP contribution in [-0.4, -0.2) is 35.6 Å². The maximum Gasteiger partial charge on any atom is 0.238 e. The summed E-state index contributed by atoms with van der Waals surface area (Å²) in [5.41, 5.74) is 2.78. The summed E-state index contributed by atoms with van der Waals surface area (Å²) in [6, 6.07) is 12.0. The monoisotopic (exact) mass is 621 g/mol. The Balaban J connectivity index is 1.50. The van der Waals surface area contributed by atoms with Gasteiger partial charge in [-0.05, 0) is 96.8 Å². The molecule has 0 bridgehead atoms. The molecule has 0 aromatic heterocycles. The lowest BCUT2D eigenvalue weighted by molar-refractivity contribution is -0.123. The van der Waals surface area contributed by atoms with Gasteiger partial charge in [0.15, 0.2) is 11.6 Å². The van der Waals surface area contributed by atoms with E-state index in [1.54, 1.807) is 31.2 Å². The third-order valence-electron chi connectivity index (χ3n) is 8.20. The summed E-state index contributed by atoms with van der Waals surface area (Å²) in [5.74, 6) is -3.01. The lowest BCUT2D eigenvalue weighted by Gasteiger charge is -2.42. The van der Waals surface area contributed by atoms with Crippen molar-refractivity contribution in [3.05, 3.63) is 86.0 Å². The van der Waals surface area contributed by atoms with Crippen LogP contribution in [-0.2, 0) is 19.2 Å². The normalized spacial score (nSPS) is 26.6. The number of methoxy groups -OCH3 is 1. The Labute approximate surface area is 233 Å². The van der Waals surface area contributed by atoms with Gasteiger partial charge in [-0.1, -0.05) is 11.6 Å². The number of hydrogen-bond donors (Lipinski definition) is 1. The summed E-state index contributed by atoms with van der Waals surface area (Å²) in [6.07, 6.45) is 3.81. The number of ketones is 2. The Kier molecular flexibility index (Phi) is 5.90. The predicted molar refractivity (Wildman–Crippen MR) is 148 cm³/mol. The molecule has 8 heteroatoms. The fourth-order valence-corrected chi connectivity index (χ4v) is 6.81. The van der Waals surface area contributed by atoms with Gasteiger partial charge in [0.05, 0.1) is 24.6 Å². The third-order valence-corrected chi connectivity index (χ3v) is 8.91. The van der Waals surface area contributed by atoms with Crippen molar-refractivity contribution in [2.24, 2.45) is 17.8 Å². The number of fused-ring (bicyclic) bond motifs is 3. The van der Waals surface area contributed by atoms with Crippen LogP contribution in [0.1, 0.15) is 31.2 Å². The standard InChI is InChI=1S/C30H24INO6/c1-14-11-24(34)22-13-20-18(25(27(22)28(14)35)21-12-17(38-2)7-10-23(21)33)8-9-19-26(20)30(37)32(29(19)36)16-5-3-15(31)4-6-16/h3-8,10-12,19-20,25-26,33H,9,13H2,1-2H3/t19-,20+,25+,26-/m0/s1. The molecular weight excluding hydrogens is 597 g/mol. The molecule has 2 aromatic carbocycles. The number of carbonyl (C=O) groups is 4. The highest BCUT2D eigenvalue weighted by Gasteiger charge is 2.56. The van der Waals surface area contributed by atoms with Crippen molar-refractivity contribution in [1.82, 2.24) is 0 Å². The fraction of sp³-hybridized carbons (Fsp3) is 0.267.